The number of ether oxygens (including phenoxy) is 1. The van der Waals surface area contributed by atoms with Gasteiger partial charge in [-0.15, -0.1) is 0 Å². The van der Waals surface area contributed by atoms with Crippen molar-refractivity contribution in [3.8, 4) is 5.75 Å². The van der Waals surface area contributed by atoms with Gasteiger partial charge in [-0.1, -0.05) is 6.92 Å². The summed E-state index contributed by atoms with van der Waals surface area (Å²) in [5.41, 5.74) is 0. The lowest BCUT2D eigenvalue weighted by molar-refractivity contribution is -0.142. The molecule has 0 aliphatic heterocycles. The molecule has 0 fully saturated rings. The zero-order valence-electron chi connectivity index (χ0n) is 10.6. The zero-order valence-corrected chi connectivity index (χ0v) is 10.6. The molecule has 0 unspecified atom stereocenters. The van der Waals surface area contributed by atoms with Gasteiger partial charge >= 0.3 is 5.97 Å². The van der Waals surface area contributed by atoms with Crippen molar-refractivity contribution in [3.63, 3.8) is 0 Å². The van der Waals surface area contributed by atoms with Gasteiger partial charge in [0.25, 0.3) is 0 Å². The monoisotopic (exact) mass is 269 g/mol. The summed E-state index contributed by atoms with van der Waals surface area (Å²) in [5, 5.41) is 11.2. The first-order chi connectivity index (χ1) is 9.02. The summed E-state index contributed by atoms with van der Waals surface area (Å²) in [6, 6.07) is 4.55. The van der Waals surface area contributed by atoms with Crippen molar-refractivity contribution < 1.29 is 23.8 Å². The van der Waals surface area contributed by atoms with Crippen LogP contribution in [0.2, 0.25) is 0 Å². The van der Waals surface area contributed by atoms with Gasteiger partial charge in [0.15, 0.2) is 0 Å². The van der Waals surface area contributed by atoms with E-state index in [0.717, 1.165) is 0 Å². The highest BCUT2D eigenvalue weighted by Crippen LogP contribution is 2.11. The summed E-state index contributed by atoms with van der Waals surface area (Å²) in [6.07, 6.45) is 0.362. The van der Waals surface area contributed by atoms with Crippen molar-refractivity contribution in [2.24, 2.45) is 0 Å². The molecule has 5 nitrogen and oxygen atoms in total. The van der Waals surface area contributed by atoms with Crippen LogP contribution in [-0.4, -0.2) is 29.6 Å². The molecule has 0 heterocycles. The van der Waals surface area contributed by atoms with Gasteiger partial charge in [0.05, 0.1) is 13.0 Å². The molecule has 1 aromatic rings. The third-order valence-corrected chi connectivity index (χ3v) is 2.45. The van der Waals surface area contributed by atoms with Gasteiger partial charge in [0, 0.05) is 0 Å². The highest BCUT2D eigenvalue weighted by Gasteiger charge is 2.17. The van der Waals surface area contributed by atoms with Gasteiger partial charge < -0.3 is 15.2 Å². The first-order valence-corrected chi connectivity index (χ1v) is 5.93. The van der Waals surface area contributed by atoms with E-state index in [0.29, 0.717) is 12.2 Å². The Labute approximate surface area is 110 Å². The average Bonchev–Trinajstić information content (AvgIpc) is 2.38. The van der Waals surface area contributed by atoms with E-state index in [2.05, 4.69) is 5.32 Å². The van der Waals surface area contributed by atoms with Crippen molar-refractivity contribution in [3.05, 3.63) is 30.1 Å². The number of hydrogen-bond donors (Lipinski definition) is 2. The van der Waals surface area contributed by atoms with Gasteiger partial charge in [-0.2, -0.15) is 0 Å². The SMILES string of the molecule is CC[C@@H](NC(=O)CCOc1ccc(F)cc1)C(=O)O. The topological polar surface area (TPSA) is 75.6 Å². The van der Waals surface area contributed by atoms with E-state index >= 15 is 0 Å². The summed E-state index contributed by atoms with van der Waals surface area (Å²) in [7, 11) is 0. The van der Waals surface area contributed by atoms with Crippen molar-refractivity contribution in [1.29, 1.82) is 0 Å². The summed E-state index contributed by atoms with van der Waals surface area (Å²) < 4.78 is 17.9. The molecule has 2 N–H and O–H groups in total. The molecule has 1 atom stereocenters. The second-order valence-corrected chi connectivity index (χ2v) is 3.92. The van der Waals surface area contributed by atoms with Crippen LogP contribution in [0.4, 0.5) is 4.39 Å². The molecule has 0 radical (unpaired) electrons. The summed E-state index contributed by atoms with van der Waals surface area (Å²) in [6.45, 7) is 1.78. The number of aliphatic carboxylic acids is 1. The minimum Gasteiger partial charge on any atom is -0.493 e. The number of amides is 1. The van der Waals surface area contributed by atoms with E-state index in [1.54, 1.807) is 6.92 Å². The molecule has 104 valence electrons. The highest BCUT2D eigenvalue weighted by molar-refractivity contribution is 5.83. The van der Waals surface area contributed by atoms with Crippen LogP contribution in [-0.2, 0) is 9.59 Å². The number of carboxylic acids is 1. The number of nitrogens with one attached hydrogen (secondary N) is 1. The molecule has 1 rings (SSSR count). The Hall–Kier alpha value is -2.11. The molecule has 0 spiro atoms. The van der Waals surface area contributed by atoms with Crippen LogP contribution >= 0.6 is 0 Å². The molecule has 1 amide bonds. The van der Waals surface area contributed by atoms with E-state index in [9.17, 15) is 14.0 Å². The van der Waals surface area contributed by atoms with Crippen molar-refractivity contribution in [2.45, 2.75) is 25.8 Å². The molecule has 0 aliphatic rings. The Morgan fingerprint density at radius 3 is 2.53 bits per heavy atom. The lowest BCUT2D eigenvalue weighted by Crippen LogP contribution is -2.40. The lowest BCUT2D eigenvalue weighted by atomic mass is 10.2. The fraction of sp³-hybridized carbons (Fsp3) is 0.385. The van der Waals surface area contributed by atoms with Gasteiger partial charge in [-0.05, 0) is 30.7 Å². The number of halogens is 1. The minimum atomic E-state index is -1.06. The number of rotatable bonds is 7. The standard InChI is InChI=1S/C13H16FNO4/c1-2-11(13(17)18)15-12(16)7-8-19-10-5-3-9(14)4-6-10/h3-6,11H,2,7-8H2,1H3,(H,15,16)(H,17,18)/t11-/m1/s1. The molecular weight excluding hydrogens is 253 g/mol. The summed E-state index contributed by atoms with van der Waals surface area (Å²) in [5.74, 6) is -1.36. The molecule has 19 heavy (non-hydrogen) atoms. The van der Waals surface area contributed by atoms with Crippen LogP contribution in [0.3, 0.4) is 0 Å². The Morgan fingerprint density at radius 1 is 1.37 bits per heavy atom. The van der Waals surface area contributed by atoms with Crippen LogP contribution in [0, 0.1) is 5.82 Å². The fourth-order valence-electron chi connectivity index (χ4n) is 1.40. The maximum Gasteiger partial charge on any atom is 0.326 e. The minimum absolute atomic E-state index is 0.0428. The van der Waals surface area contributed by atoms with Crippen molar-refractivity contribution in [1.82, 2.24) is 5.32 Å². The largest absolute Gasteiger partial charge is 0.493 e. The Morgan fingerprint density at radius 2 is 2.00 bits per heavy atom. The molecule has 0 aliphatic carbocycles. The number of hydrogen-bond acceptors (Lipinski definition) is 3. The van der Waals surface area contributed by atoms with Crippen LogP contribution in [0.25, 0.3) is 0 Å². The van der Waals surface area contributed by atoms with Gasteiger partial charge in [0.1, 0.15) is 17.6 Å². The third-order valence-electron chi connectivity index (χ3n) is 2.45. The molecule has 6 heteroatoms. The van der Waals surface area contributed by atoms with Gasteiger partial charge in [-0.3, -0.25) is 4.79 Å². The number of benzene rings is 1. The maximum absolute atomic E-state index is 12.6. The predicted octanol–water partition coefficient (Wildman–Crippen LogP) is 1.57. The van der Waals surface area contributed by atoms with Crippen LogP contribution < -0.4 is 10.1 Å². The van der Waals surface area contributed by atoms with Crippen molar-refractivity contribution in [2.75, 3.05) is 6.61 Å². The van der Waals surface area contributed by atoms with Gasteiger partial charge in [0.2, 0.25) is 5.91 Å². The number of carbonyl (C=O) groups is 2. The second kappa shape index (κ2) is 7.35. The Kier molecular flexibility index (Phi) is 5.78. The normalized spacial score (nSPS) is 11.7. The van der Waals surface area contributed by atoms with E-state index in [1.165, 1.54) is 24.3 Å². The van der Waals surface area contributed by atoms with Crippen molar-refractivity contribution >= 4 is 11.9 Å². The third kappa shape index (κ3) is 5.37. The second-order valence-electron chi connectivity index (χ2n) is 3.92. The molecular formula is C13H16FNO4. The fourth-order valence-corrected chi connectivity index (χ4v) is 1.40. The predicted molar refractivity (Wildman–Crippen MR) is 66.4 cm³/mol. The van der Waals surface area contributed by atoms with Gasteiger partial charge in [-0.25, -0.2) is 9.18 Å². The molecule has 0 saturated heterocycles. The van der Waals surface area contributed by atoms with Crippen LogP contribution in [0.1, 0.15) is 19.8 Å². The Balaban J connectivity index is 2.30. The highest BCUT2D eigenvalue weighted by atomic mass is 19.1. The maximum atomic E-state index is 12.6. The van der Waals surface area contributed by atoms with E-state index in [-0.39, 0.29) is 18.8 Å². The Bertz CT molecular complexity index is 433. The molecule has 0 bridgehead atoms. The molecule has 0 saturated carbocycles. The quantitative estimate of drug-likeness (QED) is 0.788. The zero-order chi connectivity index (χ0) is 14.3. The van der Waals surface area contributed by atoms with E-state index in [1.807, 2.05) is 0 Å². The molecule has 1 aromatic carbocycles. The number of carbonyl (C=O) groups excluding carboxylic acids is 1. The first kappa shape index (κ1) is 14.9. The van der Waals surface area contributed by atoms with Crippen LogP contribution in [0.5, 0.6) is 5.75 Å². The lowest BCUT2D eigenvalue weighted by Gasteiger charge is -2.12. The molecule has 0 aromatic heterocycles. The smallest absolute Gasteiger partial charge is 0.326 e. The van der Waals surface area contributed by atoms with E-state index in [4.69, 9.17) is 9.84 Å². The first-order valence-electron chi connectivity index (χ1n) is 5.93. The van der Waals surface area contributed by atoms with E-state index < -0.39 is 17.9 Å². The average molecular weight is 269 g/mol. The number of carboxylic acid groups (broad SMARTS) is 1. The summed E-state index contributed by atoms with van der Waals surface area (Å²) in [4.78, 5) is 22.2. The summed E-state index contributed by atoms with van der Waals surface area (Å²) >= 11 is 0. The van der Waals surface area contributed by atoms with Crippen LogP contribution in [0.15, 0.2) is 24.3 Å².